The average Bonchev–Trinajstić information content (AvgIpc) is 3.15. The molecule has 2 aromatic rings. The monoisotopic (exact) mass is 371 g/mol. The number of carbonyl (C=O) groups excluding carboxylic acids is 2. The Balaban J connectivity index is 1.76. The molecule has 5 nitrogen and oxygen atoms in total. The molecule has 0 unspecified atom stereocenters. The van der Waals surface area contributed by atoms with Crippen LogP contribution < -0.4 is 4.74 Å². The molecule has 3 rings (SSSR count). The van der Waals surface area contributed by atoms with Gasteiger partial charge < -0.3 is 14.4 Å². The lowest BCUT2D eigenvalue weighted by atomic mass is 9.89. The maximum absolute atomic E-state index is 13.0. The van der Waals surface area contributed by atoms with Gasteiger partial charge in [-0.2, -0.15) is 0 Å². The first-order valence-electron chi connectivity index (χ1n) is 8.76. The van der Waals surface area contributed by atoms with Crippen LogP contribution in [0.5, 0.6) is 5.75 Å². The van der Waals surface area contributed by atoms with E-state index in [2.05, 4.69) is 0 Å². The third-order valence-electron chi connectivity index (χ3n) is 4.99. The maximum Gasteiger partial charge on any atom is 0.311 e. The fourth-order valence-electron chi connectivity index (χ4n) is 3.48. The molecule has 2 atom stereocenters. The lowest BCUT2D eigenvalue weighted by molar-refractivity contribution is -0.145. The van der Waals surface area contributed by atoms with Crippen LogP contribution in [-0.2, 0) is 20.7 Å². The Bertz CT molecular complexity index is 804. The first kappa shape index (κ1) is 18.9. The normalized spacial score (nSPS) is 19.0. The summed E-state index contributed by atoms with van der Waals surface area (Å²) in [7, 11) is 2.95. The van der Waals surface area contributed by atoms with E-state index >= 15 is 0 Å². The van der Waals surface area contributed by atoms with Gasteiger partial charge in [-0.05, 0) is 35.4 Å². The highest BCUT2D eigenvalue weighted by molar-refractivity contribution is 5.82. The lowest BCUT2D eigenvalue weighted by Crippen LogP contribution is -2.31. The summed E-state index contributed by atoms with van der Waals surface area (Å²) >= 11 is 0. The predicted octanol–water partition coefficient (Wildman–Crippen LogP) is 2.79. The molecule has 1 aliphatic heterocycles. The van der Waals surface area contributed by atoms with Crippen LogP contribution in [0.3, 0.4) is 0 Å². The van der Waals surface area contributed by atoms with Crippen LogP contribution in [0.2, 0.25) is 0 Å². The number of amides is 1. The molecule has 0 saturated carbocycles. The van der Waals surface area contributed by atoms with Gasteiger partial charge in [0.05, 0.1) is 26.6 Å². The minimum Gasteiger partial charge on any atom is -0.497 e. The van der Waals surface area contributed by atoms with Crippen molar-refractivity contribution < 1.29 is 23.5 Å². The van der Waals surface area contributed by atoms with Gasteiger partial charge in [0.1, 0.15) is 11.6 Å². The standard InChI is InChI=1S/C21H22FNO4/c1-26-17-9-5-15(6-10-17)18-12-23(13-19(18)21(25)27-2)20(24)11-14-3-7-16(22)8-4-14/h3-10,18-19H,11-13H2,1-2H3/t18-,19+/m0/s1. The summed E-state index contributed by atoms with van der Waals surface area (Å²) in [4.78, 5) is 26.6. The highest BCUT2D eigenvalue weighted by atomic mass is 19.1. The molecule has 27 heavy (non-hydrogen) atoms. The van der Waals surface area contributed by atoms with Gasteiger partial charge in [0.2, 0.25) is 5.91 Å². The Kier molecular flexibility index (Phi) is 5.74. The van der Waals surface area contributed by atoms with E-state index in [9.17, 15) is 14.0 Å². The Morgan fingerprint density at radius 2 is 1.70 bits per heavy atom. The number of methoxy groups -OCH3 is 2. The maximum atomic E-state index is 13.0. The van der Waals surface area contributed by atoms with Crippen LogP contribution in [0.4, 0.5) is 4.39 Å². The Labute approximate surface area is 157 Å². The van der Waals surface area contributed by atoms with Gasteiger partial charge in [-0.1, -0.05) is 24.3 Å². The zero-order chi connectivity index (χ0) is 19.4. The Hall–Kier alpha value is -2.89. The molecule has 2 aromatic carbocycles. The molecule has 0 N–H and O–H groups in total. The second-order valence-corrected chi connectivity index (χ2v) is 6.61. The number of esters is 1. The van der Waals surface area contributed by atoms with Gasteiger partial charge in [0.25, 0.3) is 0 Å². The second-order valence-electron chi connectivity index (χ2n) is 6.61. The molecule has 0 spiro atoms. The molecule has 1 fully saturated rings. The summed E-state index contributed by atoms with van der Waals surface area (Å²) in [5.41, 5.74) is 1.70. The molecule has 0 aliphatic carbocycles. The van der Waals surface area contributed by atoms with Gasteiger partial charge in [-0.25, -0.2) is 4.39 Å². The molecule has 1 saturated heterocycles. The number of nitrogens with zero attached hydrogens (tertiary/aromatic N) is 1. The molecule has 0 aromatic heterocycles. The van der Waals surface area contributed by atoms with Crippen molar-refractivity contribution >= 4 is 11.9 Å². The molecule has 1 amide bonds. The van der Waals surface area contributed by atoms with E-state index < -0.39 is 5.92 Å². The van der Waals surface area contributed by atoms with Crippen LogP contribution in [0.15, 0.2) is 48.5 Å². The van der Waals surface area contributed by atoms with Crippen LogP contribution in [0.1, 0.15) is 17.0 Å². The van der Waals surface area contributed by atoms with E-state index in [0.717, 1.165) is 16.9 Å². The van der Waals surface area contributed by atoms with Crippen molar-refractivity contribution in [2.24, 2.45) is 5.92 Å². The van der Waals surface area contributed by atoms with E-state index in [0.29, 0.717) is 13.1 Å². The smallest absolute Gasteiger partial charge is 0.311 e. The van der Waals surface area contributed by atoms with Crippen molar-refractivity contribution in [3.63, 3.8) is 0 Å². The van der Waals surface area contributed by atoms with Gasteiger partial charge >= 0.3 is 5.97 Å². The van der Waals surface area contributed by atoms with E-state index in [1.807, 2.05) is 24.3 Å². The fraction of sp³-hybridized carbons (Fsp3) is 0.333. The number of likely N-dealkylation sites (tertiary alicyclic amines) is 1. The third-order valence-corrected chi connectivity index (χ3v) is 4.99. The molecule has 0 bridgehead atoms. The van der Waals surface area contributed by atoms with Gasteiger partial charge in [0, 0.05) is 19.0 Å². The summed E-state index contributed by atoms with van der Waals surface area (Å²) in [6, 6.07) is 13.4. The average molecular weight is 371 g/mol. The van der Waals surface area contributed by atoms with Crippen molar-refractivity contribution in [3.05, 3.63) is 65.5 Å². The summed E-state index contributed by atoms with van der Waals surface area (Å²) in [6.45, 7) is 0.746. The van der Waals surface area contributed by atoms with Crippen molar-refractivity contribution in [1.82, 2.24) is 4.90 Å². The first-order chi connectivity index (χ1) is 13.0. The van der Waals surface area contributed by atoms with E-state index in [1.165, 1.54) is 19.2 Å². The summed E-state index contributed by atoms with van der Waals surface area (Å²) in [5, 5.41) is 0. The highest BCUT2D eigenvalue weighted by Crippen LogP contribution is 2.34. The van der Waals surface area contributed by atoms with Crippen molar-refractivity contribution in [3.8, 4) is 5.75 Å². The summed E-state index contributed by atoms with van der Waals surface area (Å²) in [6.07, 6.45) is 0.170. The van der Waals surface area contributed by atoms with Gasteiger partial charge in [0.15, 0.2) is 0 Å². The zero-order valence-corrected chi connectivity index (χ0v) is 15.4. The molecule has 1 aliphatic rings. The Morgan fingerprint density at radius 1 is 1.04 bits per heavy atom. The number of halogens is 1. The van der Waals surface area contributed by atoms with Crippen molar-refractivity contribution in [2.75, 3.05) is 27.3 Å². The largest absolute Gasteiger partial charge is 0.497 e. The number of rotatable bonds is 5. The fourth-order valence-corrected chi connectivity index (χ4v) is 3.48. The zero-order valence-electron chi connectivity index (χ0n) is 15.4. The van der Waals surface area contributed by atoms with Crippen LogP contribution in [0, 0.1) is 11.7 Å². The van der Waals surface area contributed by atoms with Crippen LogP contribution in [0.25, 0.3) is 0 Å². The number of hydrogen-bond acceptors (Lipinski definition) is 4. The van der Waals surface area contributed by atoms with Crippen LogP contribution in [-0.4, -0.2) is 44.1 Å². The Morgan fingerprint density at radius 3 is 2.30 bits per heavy atom. The number of carbonyl (C=O) groups is 2. The second kappa shape index (κ2) is 8.20. The first-order valence-corrected chi connectivity index (χ1v) is 8.76. The molecule has 1 heterocycles. The van der Waals surface area contributed by atoms with Gasteiger partial charge in [-0.15, -0.1) is 0 Å². The number of benzene rings is 2. The molecular formula is C21H22FNO4. The SMILES string of the molecule is COC(=O)[C@@H]1CN(C(=O)Cc2ccc(F)cc2)C[C@H]1c1ccc(OC)cc1. The minimum absolute atomic E-state index is 0.0912. The quantitative estimate of drug-likeness (QED) is 0.759. The highest BCUT2D eigenvalue weighted by Gasteiger charge is 2.40. The van der Waals surface area contributed by atoms with E-state index in [-0.39, 0.29) is 30.0 Å². The van der Waals surface area contributed by atoms with Gasteiger partial charge in [-0.3, -0.25) is 9.59 Å². The van der Waals surface area contributed by atoms with Crippen molar-refractivity contribution in [1.29, 1.82) is 0 Å². The third kappa shape index (κ3) is 4.27. The number of ether oxygens (including phenoxy) is 2. The van der Waals surface area contributed by atoms with Crippen molar-refractivity contribution in [2.45, 2.75) is 12.3 Å². The number of hydrogen-bond donors (Lipinski definition) is 0. The summed E-state index contributed by atoms with van der Waals surface area (Å²) in [5.74, 6) is -0.575. The molecular weight excluding hydrogens is 349 g/mol. The van der Waals surface area contributed by atoms with E-state index in [4.69, 9.17) is 9.47 Å². The van der Waals surface area contributed by atoms with Crippen LogP contribution >= 0.6 is 0 Å². The predicted molar refractivity (Wildman–Crippen MR) is 97.9 cm³/mol. The lowest BCUT2D eigenvalue weighted by Gasteiger charge is -2.17. The van der Waals surface area contributed by atoms with E-state index in [1.54, 1.807) is 24.1 Å². The molecule has 0 radical (unpaired) electrons. The topological polar surface area (TPSA) is 55.8 Å². The summed E-state index contributed by atoms with van der Waals surface area (Å²) < 4.78 is 23.2. The molecule has 142 valence electrons. The minimum atomic E-state index is -0.416. The molecule has 6 heteroatoms.